The van der Waals surface area contributed by atoms with Crippen molar-refractivity contribution in [3.8, 4) is 5.69 Å². The number of hydrogen-bond acceptors (Lipinski definition) is 6. The minimum atomic E-state index is -0.482. The fourth-order valence-electron chi connectivity index (χ4n) is 3.05. The Morgan fingerprint density at radius 2 is 1.81 bits per heavy atom. The number of rotatable bonds is 4. The molecule has 1 amide bonds. The van der Waals surface area contributed by atoms with Crippen LogP contribution in [0.15, 0.2) is 30.3 Å². The average molecular weight is 425 g/mol. The van der Waals surface area contributed by atoms with Crippen molar-refractivity contribution in [3.63, 3.8) is 0 Å². The SMILES string of the molecule is Cc1c(C(=O)Nc2cc(C(C)(C)C)nn2C(C)(C)C)nnn1-c1cccc([N+](=O)[O-])c1. The molecule has 2 heterocycles. The van der Waals surface area contributed by atoms with E-state index < -0.39 is 10.8 Å². The van der Waals surface area contributed by atoms with Gasteiger partial charge in [0.05, 0.1) is 27.5 Å². The van der Waals surface area contributed by atoms with E-state index in [2.05, 4.69) is 36.4 Å². The van der Waals surface area contributed by atoms with Crippen molar-refractivity contribution in [1.29, 1.82) is 0 Å². The lowest BCUT2D eigenvalue weighted by Crippen LogP contribution is -2.27. The van der Waals surface area contributed by atoms with E-state index in [1.165, 1.54) is 16.8 Å². The van der Waals surface area contributed by atoms with Crippen LogP contribution in [0.25, 0.3) is 5.69 Å². The van der Waals surface area contributed by atoms with E-state index in [0.717, 1.165) is 5.69 Å². The number of nitro benzene ring substituents is 1. The van der Waals surface area contributed by atoms with Crippen LogP contribution in [0.1, 0.15) is 63.4 Å². The van der Waals surface area contributed by atoms with Gasteiger partial charge in [-0.2, -0.15) is 5.10 Å². The Hall–Kier alpha value is -3.56. The zero-order valence-electron chi connectivity index (χ0n) is 18.8. The number of anilines is 1. The van der Waals surface area contributed by atoms with Crippen LogP contribution in [0.2, 0.25) is 0 Å². The van der Waals surface area contributed by atoms with E-state index in [-0.39, 0.29) is 22.3 Å². The highest BCUT2D eigenvalue weighted by Crippen LogP contribution is 2.28. The average Bonchev–Trinajstić information content (AvgIpc) is 3.25. The second-order valence-electron chi connectivity index (χ2n) is 9.41. The number of nitrogens with zero attached hydrogens (tertiary/aromatic N) is 6. The Balaban J connectivity index is 1.95. The van der Waals surface area contributed by atoms with Crippen LogP contribution in [0.3, 0.4) is 0 Å². The van der Waals surface area contributed by atoms with Crippen LogP contribution in [-0.2, 0) is 11.0 Å². The summed E-state index contributed by atoms with van der Waals surface area (Å²) in [6.07, 6.45) is 0. The van der Waals surface area contributed by atoms with E-state index in [4.69, 9.17) is 5.10 Å². The first-order valence-electron chi connectivity index (χ1n) is 9.88. The van der Waals surface area contributed by atoms with Crippen molar-refractivity contribution in [2.75, 3.05) is 5.32 Å². The maximum atomic E-state index is 13.0. The summed E-state index contributed by atoms with van der Waals surface area (Å²) in [5.74, 6) is 0.131. The fourth-order valence-corrected chi connectivity index (χ4v) is 3.05. The smallest absolute Gasteiger partial charge is 0.279 e. The van der Waals surface area contributed by atoms with Gasteiger partial charge < -0.3 is 5.32 Å². The highest BCUT2D eigenvalue weighted by Gasteiger charge is 2.27. The molecule has 0 atom stereocenters. The largest absolute Gasteiger partial charge is 0.305 e. The van der Waals surface area contributed by atoms with Gasteiger partial charge in [-0.3, -0.25) is 14.9 Å². The van der Waals surface area contributed by atoms with Crippen molar-refractivity contribution in [2.24, 2.45) is 0 Å². The molecular weight excluding hydrogens is 398 g/mol. The Kier molecular flexibility index (Phi) is 5.43. The predicted molar refractivity (Wildman–Crippen MR) is 117 cm³/mol. The number of benzene rings is 1. The molecule has 10 nitrogen and oxygen atoms in total. The number of nitrogens with one attached hydrogen (secondary N) is 1. The quantitative estimate of drug-likeness (QED) is 0.498. The second kappa shape index (κ2) is 7.60. The summed E-state index contributed by atoms with van der Waals surface area (Å²) in [6, 6.07) is 7.87. The van der Waals surface area contributed by atoms with Crippen LogP contribution in [-0.4, -0.2) is 35.6 Å². The molecule has 0 unspecified atom stereocenters. The summed E-state index contributed by atoms with van der Waals surface area (Å²) in [5, 5.41) is 26.7. The first kappa shape index (κ1) is 22.1. The van der Waals surface area contributed by atoms with Gasteiger partial charge in [0.15, 0.2) is 5.69 Å². The third kappa shape index (κ3) is 4.47. The van der Waals surface area contributed by atoms with Gasteiger partial charge in [0, 0.05) is 23.6 Å². The third-order valence-corrected chi connectivity index (χ3v) is 4.75. The van der Waals surface area contributed by atoms with Gasteiger partial charge in [-0.25, -0.2) is 9.36 Å². The van der Waals surface area contributed by atoms with Gasteiger partial charge in [0.1, 0.15) is 5.82 Å². The maximum absolute atomic E-state index is 13.0. The monoisotopic (exact) mass is 425 g/mol. The lowest BCUT2D eigenvalue weighted by molar-refractivity contribution is -0.384. The third-order valence-electron chi connectivity index (χ3n) is 4.75. The number of hydrogen-bond donors (Lipinski definition) is 1. The fraction of sp³-hybridized carbons (Fsp3) is 0.429. The Bertz CT molecular complexity index is 1150. The molecule has 0 radical (unpaired) electrons. The summed E-state index contributed by atoms with van der Waals surface area (Å²) in [7, 11) is 0. The number of nitro groups is 1. The van der Waals surface area contributed by atoms with Crippen molar-refractivity contribution in [2.45, 2.75) is 59.4 Å². The van der Waals surface area contributed by atoms with Crippen LogP contribution < -0.4 is 5.32 Å². The van der Waals surface area contributed by atoms with Crippen molar-refractivity contribution < 1.29 is 9.72 Å². The summed E-state index contributed by atoms with van der Waals surface area (Å²) in [5.41, 5.74) is 1.31. The van der Waals surface area contributed by atoms with Crippen LogP contribution >= 0.6 is 0 Å². The molecule has 0 aliphatic carbocycles. The summed E-state index contributed by atoms with van der Waals surface area (Å²) in [6.45, 7) is 13.9. The molecule has 0 aliphatic heterocycles. The summed E-state index contributed by atoms with van der Waals surface area (Å²) < 4.78 is 3.19. The van der Waals surface area contributed by atoms with Gasteiger partial charge in [0.25, 0.3) is 11.6 Å². The molecule has 0 bridgehead atoms. The zero-order chi connectivity index (χ0) is 23.1. The first-order valence-corrected chi connectivity index (χ1v) is 9.88. The predicted octanol–water partition coefficient (Wildman–Crippen LogP) is 3.99. The normalized spacial score (nSPS) is 12.1. The summed E-state index contributed by atoms with van der Waals surface area (Å²) in [4.78, 5) is 23.6. The Labute approximate surface area is 180 Å². The van der Waals surface area contributed by atoms with Gasteiger partial charge in [-0.05, 0) is 33.8 Å². The van der Waals surface area contributed by atoms with E-state index in [1.54, 1.807) is 23.7 Å². The highest BCUT2D eigenvalue weighted by atomic mass is 16.6. The zero-order valence-corrected chi connectivity index (χ0v) is 18.8. The molecule has 3 rings (SSSR count). The van der Waals surface area contributed by atoms with E-state index in [1.807, 2.05) is 26.8 Å². The molecule has 164 valence electrons. The standard InChI is InChI=1S/C21H27N7O3/c1-13-18(23-25-26(13)14-9-8-10-15(11-14)28(30)31)19(29)22-17-12-16(20(2,3)4)24-27(17)21(5,6)7/h8-12H,1-7H3,(H,22,29). The topological polar surface area (TPSA) is 121 Å². The molecule has 3 aromatic rings. The Morgan fingerprint density at radius 1 is 1.13 bits per heavy atom. The molecule has 0 saturated carbocycles. The van der Waals surface area contributed by atoms with Gasteiger partial charge >= 0.3 is 0 Å². The number of carbonyl (C=O) groups excluding carboxylic acids is 1. The molecule has 0 aliphatic rings. The van der Waals surface area contributed by atoms with Crippen LogP contribution in [0.4, 0.5) is 11.5 Å². The lowest BCUT2D eigenvalue weighted by atomic mass is 9.92. The minimum Gasteiger partial charge on any atom is -0.305 e. The lowest BCUT2D eigenvalue weighted by Gasteiger charge is -2.22. The number of amides is 1. The number of non-ortho nitro benzene ring substituents is 1. The van der Waals surface area contributed by atoms with Gasteiger partial charge in [-0.15, -0.1) is 5.10 Å². The van der Waals surface area contributed by atoms with Gasteiger partial charge in [-0.1, -0.05) is 32.1 Å². The van der Waals surface area contributed by atoms with E-state index in [0.29, 0.717) is 17.2 Å². The molecule has 0 fully saturated rings. The molecule has 2 aromatic heterocycles. The van der Waals surface area contributed by atoms with Crippen LogP contribution in [0, 0.1) is 17.0 Å². The molecule has 0 saturated heterocycles. The minimum absolute atomic E-state index is 0.0674. The van der Waals surface area contributed by atoms with E-state index in [9.17, 15) is 14.9 Å². The van der Waals surface area contributed by atoms with Crippen LogP contribution in [0.5, 0.6) is 0 Å². The molecule has 31 heavy (non-hydrogen) atoms. The maximum Gasteiger partial charge on any atom is 0.279 e. The number of carbonyl (C=O) groups is 1. The Morgan fingerprint density at radius 3 is 2.39 bits per heavy atom. The molecule has 1 aromatic carbocycles. The molecule has 10 heteroatoms. The number of aromatic nitrogens is 5. The molecule has 1 N–H and O–H groups in total. The van der Waals surface area contributed by atoms with Gasteiger partial charge in [0.2, 0.25) is 0 Å². The highest BCUT2D eigenvalue weighted by molar-refractivity contribution is 6.03. The molecular formula is C21H27N7O3. The summed E-state index contributed by atoms with van der Waals surface area (Å²) >= 11 is 0. The second-order valence-corrected chi connectivity index (χ2v) is 9.41. The van der Waals surface area contributed by atoms with E-state index >= 15 is 0 Å². The van der Waals surface area contributed by atoms with Crippen molar-refractivity contribution in [1.82, 2.24) is 24.8 Å². The van der Waals surface area contributed by atoms with Crippen molar-refractivity contribution in [3.05, 3.63) is 57.5 Å². The molecule has 0 spiro atoms. The van der Waals surface area contributed by atoms with Crippen molar-refractivity contribution >= 4 is 17.4 Å². The first-order chi connectivity index (χ1) is 14.3.